The van der Waals surface area contributed by atoms with Crippen LogP contribution in [0.15, 0.2) is 95.4 Å². The van der Waals surface area contributed by atoms with Crippen molar-refractivity contribution in [2.45, 2.75) is 20.5 Å². The lowest BCUT2D eigenvalue weighted by molar-refractivity contribution is 0.0955. The SMILES string of the molecule is CCOc1cc(/C=N\NC(=O)c2ccc(-c3csc(Nc4ccc(C)cc4)n3)cc2)cc(I)c1OCc1ccccc1F. The molecule has 4 aromatic carbocycles. The molecule has 218 valence electrons. The summed E-state index contributed by atoms with van der Waals surface area (Å²) in [4.78, 5) is 17.4. The van der Waals surface area contributed by atoms with Gasteiger partial charge in [-0.15, -0.1) is 11.3 Å². The molecule has 0 saturated carbocycles. The fourth-order valence-corrected chi connectivity index (χ4v) is 5.60. The van der Waals surface area contributed by atoms with Crippen LogP contribution in [-0.2, 0) is 6.61 Å². The molecule has 1 aromatic heterocycles. The molecular weight excluding hydrogens is 678 g/mol. The third-order valence-corrected chi connectivity index (χ3v) is 7.85. The lowest BCUT2D eigenvalue weighted by atomic mass is 10.1. The number of hydrazone groups is 1. The largest absolute Gasteiger partial charge is 0.490 e. The maximum absolute atomic E-state index is 14.0. The zero-order chi connectivity index (χ0) is 30.2. The monoisotopic (exact) mass is 706 g/mol. The van der Waals surface area contributed by atoms with Gasteiger partial charge < -0.3 is 14.8 Å². The summed E-state index contributed by atoms with van der Waals surface area (Å²) in [6.45, 7) is 4.41. The van der Waals surface area contributed by atoms with Crippen molar-refractivity contribution in [3.05, 3.63) is 122 Å². The van der Waals surface area contributed by atoms with Crippen LogP contribution < -0.4 is 20.2 Å². The summed E-state index contributed by atoms with van der Waals surface area (Å²) < 4.78 is 26.5. The molecule has 0 saturated heterocycles. The first kappa shape index (κ1) is 30.2. The first-order valence-electron chi connectivity index (χ1n) is 13.4. The van der Waals surface area contributed by atoms with Crippen molar-refractivity contribution in [3.8, 4) is 22.8 Å². The molecule has 0 fully saturated rings. The zero-order valence-corrected chi connectivity index (χ0v) is 26.4. The number of aromatic nitrogens is 1. The number of aryl methyl sites for hydroxylation is 1. The van der Waals surface area contributed by atoms with E-state index in [0.717, 1.165) is 25.6 Å². The van der Waals surface area contributed by atoms with Gasteiger partial charge in [-0.2, -0.15) is 5.10 Å². The topological polar surface area (TPSA) is 84.8 Å². The summed E-state index contributed by atoms with van der Waals surface area (Å²) in [5, 5.41) is 10.2. The van der Waals surface area contributed by atoms with Crippen LogP contribution in [0.5, 0.6) is 11.5 Å². The molecule has 0 bridgehead atoms. The number of rotatable bonds is 11. The molecule has 43 heavy (non-hydrogen) atoms. The quantitative estimate of drug-likeness (QED) is 0.0820. The van der Waals surface area contributed by atoms with Gasteiger partial charge in [0.05, 0.1) is 22.1 Å². The van der Waals surface area contributed by atoms with E-state index < -0.39 is 0 Å². The second kappa shape index (κ2) is 14.3. The minimum absolute atomic E-state index is 0.0684. The van der Waals surface area contributed by atoms with E-state index in [1.54, 1.807) is 36.4 Å². The summed E-state index contributed by atoms with van der Waals surface area (Å²) in [6.07, 6.45) is 1.54. The standard InChI is InChI=1S/C33H28FIN4O3S/c1-3-41-30-17-22(16-28(35)31(30)42-19-25-6-4-5-7-27(25)34)18-36-39-32(40)24-12-10-23(11-13-24)29-20-43-33(38-29)37-26-14-8-21(2)9-15-26/h4-18,20H,3,19H2,1-2H3,(H,37,38)(H,39,40)/b36-18-. The molecule has 0 aliphatic heterocycles. The average molecular weight is 707 g/mol. The van der Waals surface area contributed by atoms with E-state index in [2.05, 4.69) is 50.3 Å². The molecule has 0 unspecified atom stereocenters. The van der Waals surface area contributed by atoms with Crippen LogP contribution in [0.25, 0.3) is 11.3 Å². The summed E-state index contributed by atoms with van der Waals surface area (Å²) in [5.41, 5.74) is 8.11. The van der Waals surface area contributed by atoms with E-state index in [0.29, 0.717) is 34.8 Å². The van der Waals surface area contributed by atoms with Gasteiger partial charge >= 0.3 is 0 Å². The van der Waals surface area contributed by atoms with Crippen LogP contribution in [0.3, 0.4) is 0 Å². The Labute approximate surface area is 266 Å². The average Bonchev–Trinajstić information content (AvgIpc) is 3.47. The van der Waals surface area contributed by atoms with Gasteiger partial charge in [0.2, 0.25) is 0 Å². The molecule has 10 heteroatoms. The molecule has 0 spiro atoms. The van der Waals surface area contributed by atoms with E-state index >= 15 is 0 Å². The minimum Gasteiger partial charge on any atom is -0.490 e. The lowest BCUT2D eigenvalue weighted by Gasteiger charge is -2.15. The number of benzene rings is 4. The Hall–Kier alpha value is -4.29. The van der Waals surface area contributed by atoms with Gasteiger partial charge in [-0.3, -0.25) is 4.79 Å². The number of hydrogen-bond acceptors (Lipinski definition) is 7. The molecule has 5 aromatic rings. The van der Waals surface area contributed by atoms with Crippen LogP contribution in [0.2, 0.25) is 0 Å². The molecule has 7 nitrogen and oxygen atoms in total. The summed E-state index contributed by atoms with van der Waals surface area (Å²) in [6, 6.07) is 25.4. The second-order valence-electron chi connectivity index (χ2n) is 9.45. The molecule has 5 rings (SSSR count). The number of ether oxygens (including phenoxy) is 2. The van der Waals surface area contributed by atoms with Gasteiger partial charge in [0.15, 0.2) is 16.6 Å². The number of carbonyl (C=O) groups excluding carboxylic acids is 1. The predicted molar refractivity (Wildman–Crippen MR) is 178 cm³/mol. The lowest BCUT2D eigenvalue weighted by Crippen LogP contribution is -2.17. The highest BCUT2D eigenvalue weighted by Gasteiger charge is 2.14. The van der Waals surface area contributed by atoms with Crippen molar-refractivity contribution in [1.29, 1.82) is 0 Å². The minimum atomic E-state index is -0.340. The van der Waals surface area contributed by atoms with Gasteiger partial charge in [0.1, 0.15) is 12.4 Å². The first-order chi connectivity index (χ1) is 20.9. The Kier molecular flexibility index (Phi) is 10.0. The molecule has 2 N–H and O–H groups in total. The van der Waals surface area contributed by atoms with Crippen molar-refractivity contribution in [2.75, 3.05) is 11.9 Å². The number of thiazole rings is 1. The number of anilines is 2. The number of hydrogen-bond donors (Lipinski definition) is 2. The van der Waals surface area contributed by atoms with Gasteiger partial charge in [0.25, 0.3) is 5.91 Å². The molecule has 0 aliphatic carbocycles. The second-order valence-corrected chi connectivity index (χ2v) is 11.5. The Balaban J connectivity index is 1.20. The van der Waals surface area contributed by atoms with E-state index in [1.807, 2.05) is 54.8 Å². The van der Waals surface area contributed by atoms with Gasteiger partial charge in [0, 0.05) is 27.8 Å². The normalized spacial score (nSPS) is 11.0. The zero-order valence-electron chi connectivity index (χ0n) is 23.4. The van der Waals surface area contributed by atoms with Crippen LogP contribution in [0.4, 0.5) is 15.2 Å². The molecule has 0 aliphatic rings. The van der Waals surface area contributed by atoms with Crippen molar-refractivity contribution < 1.29 is 18.7 Å². The number of carbonyl (C=O) groups is 1. The highest BCUT2D eigenvalue weighted by atomic mass is 127. The summed E-state index contributed by atoms with van der Waals surface area (Å²) in [7, 11) is 0. The molecular formula is C33H28FIN4O3S. The van der Waals surface area contributed by atoms with Crippen LogP contribution in [-0.4, -0.2) is 23.7 Å². The molecule has 1 amide bonds. The Morgan fingerprint density at radius 1 is 1.05 bits per heavy atom. The van der Waals surface area contributed by atoms with Gasteiger partial charge in [-0.05, 0) is 84.5 Å². The molecule has 0 atom stereocenters. The third kappa shape index (κ3) is 7.96. The van der Waals surface area contributed by atoms with Crippen LogP contribution >= 0.6 is 33.9 Å². The van der Waals surface area contributed by atoms with Crippen LogP contribution in [0, 0.1) is 16.3 Å². The van der Waals surface area contributed by atoms with Gasteiger partial charge in [-0.25, -0.2) is 14.8 Å². The van der Waals surface area contributed by atoms with Gasteiger partial charge in [-0.1, -0.05) is 48.0 Å². The summed E-state index contributed by atoms with van der Waals surface area (Å²) in [5.74, 6) is 0.360. The number of amides is 1. The maximum atomic E-state index is 14.0. The van der Waals surface area contributed by atoms with E-state index in [-0.39, 0.29) is 18.3 Å². The number of nitrogens with one attached hydrogen (secondary N) is 2. The van der Waals surface area contributed by atoms with Crippen molar-refractivity contribution in [1.82, 2.24) is 10.4 Å². The first-order valence-corrected chi connectivity index (χ1v) is 15.4. The third-order valence-electron chi connectivity index (χ3n) is 6.29. The van der Waals surface area contributed by atoms with Crippen molar-refractivity contribution >= 4 is 56.9 Å². The predicted octanol–water partition coefficient (Wildman–Crippen LogP) is 8.35. The highest BCUT2D eigenvalue weighted by Crippen LogP contribution is 2.35. The van der Waals surface area contributed by atoms with Crippen LogP contribution in [0.1, 0.15) is 34.0 Å². The van der Waals surface area contributed by atoms with E-state index in [4.69, 9.17) is 9.47 Å². The fraction of sp³-hybridized carbons (Fsp3) is 0.121. The fourth-order valence-electron chi connectivity index (χ4n) is 4.08. The Morgan fingerprint density at radius 2 is 1.81 bits per heavy atom. The summed E-state index contributed by atoms with van der Waals surface area (Å²) >= 11 is 3.65. The Morgan fingerprint density at radius 3 is 2.56 bits per heavy atom. The number of halogens is 2. The Bertz CT molecular complexity index is 1740. The smallest absolute Gasteiger partial charge is 0.271 e. The van der Waals surface area contributed by atoms with E-state index in [1.165, 1.54) is 29.2 Å². The van der Waals surface area contributed by atoms with E-state index in [9.17, 15) is 9.18 Å². The van der Waals surface area contributed by atoms with Crippen molar-refractivity contribution in [2.24, 2.45) is 5.10 Å². The molecule has 0 radical (unpaired) electrons. The number of nitrogens with zero attached hydrogens (tertiary/aromatic N) is 2. The highest BCUT2D eigenvalue weighted by molar-refractivity contribution is 14.1. The maximum Gasteiger partial charge on any atom is 0.271 e. The van der Waals surface area contributed by atoms with Crippen molar-refractivity contribution in [3.63, 3.8) is 0 Å². The molecule has 1 heterocycles.